The van der Waals surface area contributed by atoms with Crippen molar-refractivity contribution in [1.29, 1.82) is 0 Å². The first-order valence-electron chi connectivity index (χ1n) is 18.7. The highest BCUT2D eigenvalue weighted by Gasteiger charge is 2.31. The summed E-state index contributed by atoms with van der Waals surface area (Å²) in [5.74, 6) is 0. The first-order valence-corrected chi connectivity index (χ1v) is 18.7. The quantitative estimate of drug-likeness (QED) is 0.173. The van der Waals surface area contributed by atoms with Crippen molar-refractivity contribution in [3.05, 3.63) is 146 Å². The van der Waals surface area contributed by atoms with Crippen LogP contribution < -0.4 is 11.1 Å². The summed E-state index contributed by atoms with van der Waals surface area (Å²) < 4.78 is 1.44. The highest BCUT2D eigenvalue weighted by Crippen LogP contribution is 2.54. The summed E-state index contributed by atoms with van der Waals surface area (Å²) in [5, 5.41) is 12.0. The molecule has 0 amide bonds. The molecule has 0 atom stereocenters. The Morgan fingerprint density at radius 3 is 1.34 bits per heavy atom. The minimum atomic E-state index is -0.256. The molecule has 0 aliphatic heterocycles. The van der Waals surface area contributed by atoms with Gasteiger partial charge < -0.3 is 0 Å². The second-order valence-electron chi connectivity index (χ2n) is 17.3. The van der Waals surface area contributed by atoms with Gasteiger partial charge >= 0.3 is 0 Å². The summed E-state index contributed by atoms with van der Waals surface area (Å²) >= 11 is 0. The second-order valence-corrected chi connectivity index (χ2v) is 17.3. The number of rotatable bonds is 3. The van der Waals surface area contributed by atoms with Gasteiger partial charge in [-0.05, 0) is 136 Å². The van der Waals surface area contributed by atoms with E-state index in [1.54, 1.807) is 0 Å². The fourth-order valence-electron chi connectivity index (χ4n) is 9.65. The molecule has 3 heteroatoms. The fraction of sp³-hybridized carbons (Fsp3) is 0.200. The maximum atomic E-state index is 15.1. The minimum Gasteiger partial charge on any atom is -0.268 e. The maximum absolute atomic E-state index is 15.1. The van der Waals surface area contributed by atoms with Gasteiger partial charge in [-0.1, -0.05) is 132 Å². The van der Waals surface area contributed by atoms with Crippen molar-refractivity contribution in [2.75, 3.05) is 0 Å². The standard InChI is InChI=1S/C50H41NO2/c1-26-17-22-39(27(2)23-26)51-47(52)45-35-24-33(29-13-9-11-15-37(29)49(3,4)5)31-20-18-28-19-21-32-34(30-14-10-12-16-38(30)50(6,7)8)25-36(46(45)48(51)53)44-42(32)40(28)41(31)43(35)44/h9-25H,1-8H3. The number of hydrogen-bond donors (Lipinski definition) is 0. The molecule has 0 saturated heterocycles. The molecular formula is C50H41NO2. The Labute approximate surface area is 308 Å². The van der Waals surface area contributed by atoms with Crippen LogP contribution in [0.2, 0.25) is 0 Å². The van der Waals surface area contributed by atoms with Crippen molar-refractivity contribution < 1.29 is 0 Å². The highest BCUT2D eigenvalue weighted by atomic mass is 16.2. The smallest absolute Gasteiger partial charge is 0.266 e. The molecule has 3 nitrogen and oxygen atoms in total. The SMILES string of the molecule is Cc1ccc(-n2c(=O)c3c4cc(-c5ccccc5C(C)(C)C)c5ccc6ccc7c(-c8ccccc8C(C)(C)C)cc(c3c2=O)c2c7c6c5c42)c(C)c1. The molecule has 258 valence electrons. The molecule has 0 bridgehead atoms. The van der Waals surface area contributed by atoms with Crippen LogP contribution in [-0.4, -0.2) is 4.57 Å². The van der Waals surface area contributed by atoms with Crippen molar-refractivity contribution in [3.63, 3.8) is 0 Å². The van der Waals surface area contributed by atoms with Crippen LogP contribution >= 0.6 is 0 Å². The van der Waals surface area contributed by atoms with Gasteiger partial charge in [0.25, 0.3) is 11.1 Å². The fourth-order valence-corrected chi connectivity index (χ4v) is 9.65. The van der Waals surface area contributed by atoms with Gasteiger partial charge in [0, 0.05) is 0 Å². The van der Waals surface area contributed by atoms with Crippen LogP contribution in [-0.2, 0) is 10.8 Å². The molecule has 0 aliphatic rings. The predicted octanol–water partition coefficient (Wildman–Crippen LogP) is 12.4. The predicted molar refractivity (Wildman–Crippen MR) is 226 cm³/mol. The molecule has 1 aromatic heterocycles. The average molecular weight is 688 g/mol. The van der Waals surface area contributed by atoms with Gasteiger partial charge in [-0.25, -0.2) is 4.57 Å². The molecule has 0 aliphatic carbocycles. The van der Waals surface area contributed by atoms with Crippen molar-refractivity contribution >= 4 is 64.6 Å². The molecule has 53 heavy (non-hydrogen) atoms. The van der Waals surface area contributed by atoms with Crippen molar-refractivity contribution in [1.82, 2.24) is 4.57 Å². The van der Waals surface area contributed by atoms with E-state index >= 15 is 9.59 Å². The van der Waals surface area contributed by atoms with Crippen LogP contribution in [0.4, 0.5) is 0 Å². The topological polar surface area (TPSA) is 39.1 Å². The van der Waals surface area contributed by atoms with Crippen LogP contribution in [0, 0.1) is 13.8 Å². The third kappa shape index (κ3) is 4.17. The monoisotopic (exact) mass is 687 g/mol. The molecule has 0 radical (unpaired) electrons. The number of benzene rings is 8. The lowest BCUT2D eigenvalue weighted by Gasteiger charge is -2.24. The number of nitrogens with zero attached hydrogens (tertiary/aromatic N) is 1. The van der Waals surface area contributed by atoms with E-state index in [0.717, 1.165) is 54.9 Å². The maximum Gasteiger partial charge on any atom is 0.266 e. The van der Waals surface area contributed by atoms with Gasteiger partial charge in [0.2, 0.25) is 0 Å². The summed E-state index contributed by atoms with van der Waals surface area (Å²) in [5.41, 5.74) is 8.87. The molecule has 0 spiro atoms. The van der Waals surface area contributed by atoms with Gasteiger partial charge in [-0.15, -0.1) is 0 Å². The van der Waals surface area contributed by atoms with Crippen molar-refractivity contribution in [2.24, 2.45) is 0 Å². The molecular weight excluding hydrogens is 647 g/mol. The Balaban J connectivity index is 1.50. The number of aromatic nitrogens is 1. The van der Waals surface area contributed by atoms with Gasteiger partial charge in [-0.3, -0.25) is 9.59 Å². The van der Waals surface area contributed by atoms with Crippen molar-refractivity contribution in [3.8, 4) is 27.9 Å². The molecule has 1 heterocycles. The minimum absolute atomic E-state index is 0.113. The normalized spacial score (nSPS) is 13.1. The number of aryl methyl sites for hydroxylation is 2. The van der Waals surface area contributed by atoms with Gasteiger partial charge in [0.15, 0.2) is 0 Å². The number of fused-ring (bicyclic) bond motifs is 3. The molecule has 10 aromatic rings. The third-order valence-corrected chi connectivity index (χ3v) is 11.9. The van der Waals surface area contributed by atoms with E-state index in [2.05, 4.69) is 126 Å². The van der Waals surface area contributed by atoms with E-state index in [1.807, 2.05) is 32.0 Å². The Morgan fingerprint density at radius 1 is 0.434 bits per heavy atom. The van der Waals surface area contributed by atoms with Gasteiger partial charge in [-0.2, -0.15) is 0 Å². The summed E-state index contributed by atoms with van der Waals surface area (Å²) in [6.07, 6.45) is 0. The Kier molecular flexibility index (Phi) is 6.27. The Bertz CT molecular complexity index is 3050. The zero-order valence-corrected chi connectivity index (χ0v) is 31.6. The molecule has 0 saturated carbocycles. The van der Waals surface area contributed by atoms with Crippen LogP contribution in [0.25, 0.3) is 92.6 Å². The summed E-state index contributed by atoms with van der Waals surface area (Å²) in [7, 11) is 0. The largest absolute Gasteiger partial charge is 0.268 e. The highest BCUT2D eigenvalue weighted by molar-refractivity contribution is 6.50. The van der Waals surface area contributed by atoms with E-state index in [9.17, 15) is 0 Å². The first kappa shape index (κ1) is 31.9. The number of hydrogen-bond acceptors (Lipinski definition) is 2. The lowest BCUT2D eigenvalue weighted by Crippen LogP contribution is -2.24. The van der Waals surface area contributed by atoms with Crippen LogP contribution in [0.3, 0.4) is 0 Å². The Hall–Kier alpha value is -5.80. The Morgan fingerprint density at radius 2 is 0.887 bits per heavy atom. The molecule has 0 fully saturated rings. The molecule has 10 rings (SSSR count). The molecule has 9 aromatic carbocycles. The molecule has 0 N–H and O–H groups in total. The summed E-state index contributed by atoms with van der Waals surface area (Å²) in [4.78, 5) is 30.2. The van der Waals surface area contributed by atoms with Crippen LogP contribution in [0.5, 0.6) is 0 Å². The lowest BCUT2D eigenvalue weighted by atomic mass is 9.80. The molecule has 0 unspecified atom stereocenters. The zero-order chi connectivity index (χ0) is 36.9. The zero-order valence-electron chi connectivity index (χ0n) is 31.6. The lowest BCUT2D eigenvalue weighted by molar-refractivity contribution is 0.592. The third-order valence-electron chi connectivity index (χ3n) is 11.9. The van der Waals surface area contributed by atoms with Gasteiger partial charge in [0.05, 0.1) is 16.5 Å². The summed E-state index contributed by atoms with van der Waals surface area (Å²) in [6.45, 7) is 17.5. The van der Waals surface area contributed by atoms with E-state index in [-0.39, 0.29) is 21.9 Å². The van der Waals surface area contributed by atoms with Crippen molar-refractivity contribution in [2.45, 2.75) is 66.2 Å². The van der Waals surface area contributed by atoms with Gasteiger partial charge in [0.1, 0.15) is 0 Å². The van der Waals surface area contributed by atoms with Crippen LogP contribution in [0.1, 0.15) is 63.8 Å². The second kappa shape index (κ2) is 10.4. The van der Waals surface area contributed by atoms with E-state index in [4.69, 9.17) is 0 Å². The first-order chi connectivity index (χ1) is 25.3. The summed E-state index contributed by atoms with van der Waals surface area (Å²) in [6, 6.07) is 36.8. The average Bonchev–Trinajstić information content (AvgIpc) is 3.61. The van der Waals surface area contributed by atoms with E-state index < -0.39 is 0 Å². The van der Waals surface area contributed by atoms with E-state index in [0.29, 0.717) is 16.5 Å². The van der Waals surface area contributed by atoms with E-state index in [1.165, 1.54) is 48.0 Å². The van der Waals surface area contributed by atoms with Crippen LogP contribution in [0.15, 0.2) is 113 Å².